The van der Waals surface area contributed by atoms with E-state index >= 15 is 0 Å². The first kappa shape index (κ1) is 19.6. The Hall–Kier alpha value is -3.05. The number of aromatic nitrogens is 6. The Kier molecular flexibility index (Phi) is 4.44. The maximum Gasteiger partial charge on any atom is 0.183 e. The van der Waals surface area contributed by atoms with Gasteiger partial charge in [0.2, 0.25) is 0 Å². The molecule has 0 unspecified atom stereocenters. The van der Waals surface area contributed by atoms with Crippen LogP contribution in [-0.4, -0.2) is 82.3 Å². The fourth-order valence-electron chi connectivity index (χ4n) is 5.30. The van der Waals surface area contributed by atoms with Gasteiger partial charge in [0.15, 0.2) is 17.0 Å². The second-order valence-electron chi connectivity index (χ2n) is 9.20. The third kappa shape index (κ3) is 2.91. The molecule has 3 aliphatic rings. The van der Waals surface area contributed by atoms with Gasteiger partial charge >= 0.3 is 0 Å². The highest BCUT2D eigenvalue weighted by Gasteiger charge is 2.47. The van der Waals surface area contributed by atoms with Crippen LogP contribution in [0.4, 0.5) is 23.0 Å². The summed E-state index contributed by atoms with van der Waals surface area (Å²) in [6.45, 7) is 6.28. The zero-order valence-electron chi connectivity index (χ0n) is 18.4. The second kappa shape index (κ2) is 7.24. The minimum atomic E-state index is 0.0896. The van der Waals surface area contributed by atoms with Crippen molar-refractivity contribution >= 4 is 34.2 Å². The number of nitrogens with one attached hydrogen (secondary N) is 1. The third-order valence-electron chi connectivity index (χ3n) is 7.47. The number of nitrogens with two attached hydrogens (primary N) is 1. The van der Waals surface area contributed by atoms with Crippen LogP contribution in [0.1, 0.15) is 19.8 Å². The maximum atomic E-state index is 6.46. The highest BCUT2D eigenvalue weighted by atomic mass is 16.5. The molecule has 11 heteroatoms. The van der Waals surface area contributed by atoms with Gasteiger partial charge < -0.3 is 25.2 Å². The number of hydrogen-bond donors (Lipinski definition) is 2. The molecule has 0 aliphatic carbocycles. The number of hydrogen-bond acceptors (Lipinski definition) is 10. The number of ether oxygens (including phenoxy) is 1. The Bertz CT molecular complexity index is 1140. The fourth-order valence-corrected chi connectivity index (χ4v) is 5.30. The summed E-state index contributed by atoms with van der Waals surface area (Å²) in [5, 5.41) is 15.8. The number of H-pyrrole nitrogens is 1. The molecule has 0 radical (unpaired) electrons. The summed E-state index contributed by atoms with van der Waals surface area (Å²) in [6.07, 6.45) is 7.55. The van der Waals surface area contributed by atoms with E-state index in [0.717, 1.165) is 74.2 Å². The van der Waals surface area contributed by atoms with Gasteiger partial charge in [-0.1, -0.05) is 0 Å². The summed E-state index contributed by atoms with van der Waals surface area (Å²) in [5.41, 5.74) is 10.00. The van der Waals surface area contributed by atoms with Gasteiger partial charge in [0, 0.05) is 44.7 Å². The maximum absolute atomic E-state index is 6.46. The number of anilines is 4. The second-order valence-corrected chi connectivity index (χ2v) is 9.20. The van der Waals surface area contributed by atoms with Gasteiger partial charge in [0.05, 0.1) is 42.7 Å². The van der Waals surface area contributed by atoms with E-state index in [9.17, 15) is 0 Å². The normalized spacial score (nSPS) is 25.0. The van der Waals surface area contributed by atoms with Crippen molar-refractivity contribution in [2.45, 2.75) is 31.9 Å². The summed E-state index contributed by atoms with van der Waals surface area (Å²) in [6, 6.07) is 0.101. The van der Waals surface area contributed by atoms with E-state index in [1.165, 1.54) is 0 Å². The highest BCUT2D eigenvalue weighted by molar-refractivity contribution is 5.89. The number of fused-ring (bicyclic) bond motifs is 2. The topological polar surface area (TPSA) is 125 Å². The van der Waals surface area contributed by atoms with E-state index < -0.39 is 0 Å². The smallest absolute Gasteiger partial charge is 0.183 e. The molecule has 3 N–H and O–H groups in total. The molecule has 168 valence electrons. The quantitative estimate of drug-likeness (QED) is 0.602. The standard InChI is InChI=1S/C21H28N10O/c1-13-18(22)21(12-32-13)3-5-30(6-4-21)16-11-23-17-19(26-16)27-28-20(17)31-8-7-29(2)14-9-24-25-10-15(14)31/h9-11,13,18H,3-8,12,22H2,1-2H3,(H,26,27,28)/t13-,18+/m0/s1. The van der Waals surface area contributed by atoms with Gasteiger partial charge in [0.25, 0.3) is 0 Å². The summed E-state index contributed by atoms with van der Waals surface area (Å²) < 4.78 is 5.85. The van der Waals surface area contributed by atoms with Crippen molar-refractivity contribution in [3.8, 4) is 0 Å². The van der Waals surface area contributed by atoms with E-state index in [-0.39, 0.29) is 17.6 Å². The summed E-state index contributed by atoms with van der Waals surface area (Å²) >= 11 is 0. The minimum absolute atomic E-state index is 0.0896. The molecule has 11 nitrogen and oxygen atoms in total. The summed E-state index contributed by atoms with van der Waals surface area (Å²) in [4.78, 5) is 16.2. The molecule has 0 bridgehead atoms. The average Bonchev–Trinajstić information content (AvgIpc) is 3.37. The van der Waals surface area contributed by atoms with Crippen molar-refractivity contribution in [2.75, 3.05) is 54.5 Å². The van der Waals surface area contributed by atoms with Crippen LogP contribution in [0.15, 0.2) is 18.6 Å². The molecule has 2 fully saturated rings. The lowest BCUT2D eigenvalue weighted by molar-refractivity contribution is 0.0974. The van der Waals surface area contributed by atoms with Gasteiger partial charge in [-0.05, 0) is 19.8 Å². The van der Waals surface area contributed by atoms with Gasteiger partial charge in [-0.25, -0.2) is 9.97 Å². The molecular formula is C21H28N10O. The lowest BCUT2D eigenvalue weighted by Crippen LogP contribution is -2.50. The first-order valence-electron chi connectivity index (χ1n) is 11.2. The molecule has 1 spiro atoms. The Labute approximate surface area is 186 Å². The molecule has 3 aromatic heterocycles. The van der Waals surface area contributed by atoms with Crippen molar-refractivity contribution < 1.29 is 4.74 Å². The molecule has 2 saturated heterocycles. The van der Waals surface area contributed by atoms with E-state index in [1.807, 2.05) is 6.20 Å². The van der Waals surface area contributed by atoms with Crippen molar-refractivity contribution in [2.24, 2.45) is 11.1 Å². The number of aromatic amines is 1. The number of piperidine rings is 1. The van der Waals surface area contributed by atoms with Crippen LogP contribution in [0, 0.1) is 5.41 Å². The molecule has 2 atom stereocenters. The van der Waals surface area contributed by atoms with Crippen LogP contribution in [0.25, 0.3) is 11.2 Å². The van der Waals surface area contributed by atoms with E-state index in [1.54, 1.807) is 12.4 Å². The minimum Gasteiger partial charge on any atom is -0.376 e. The molecule has 3 aromatic rings. The van der Waals surface area contributed by atoms with Crippen LogP contribution in [0.2, 0.25) is 0 Å². The lowest BCUT2D eigenvalue weighted by atomic mass is 9.73. The number of rotatable bonds is 2. The Morgan fingerprint density at radius 3 is 2.62 bits per heavy atom. The number of likely N-dealkylation sites (N-methyl/N-ethyl adjacent to an activating group) is 1. The largest absolute Gasteiger partial charge is 0.376 e. The monoisotopic (exact) mass is 436 g/mol. The predicted octanol–water partition coefficient (Wildman–Crippen LogP) is 1.06. The van der Waals surface area contributed by atoms with Crippen LogP contribution in [0.3, 0.4) is 0 Å². The molecule has 0 aromatic carbocycles. The predicted molar refractivity (Wildman–Crippen MR) is 121 cm³/mol. The highest BCUT2D eigenvalue weighted by Crippen LogP contribution is 2.42. The SMILES string of the molecule is C[C@@H]1OCC2(CCN(c3cnc4c(N5CCN(C)c6cnncc65)n[nH]c4n3)CC2)[C@@H]1N. The van der Waals surface area contributed by atoms with Crippen molar-refractivity contribution in [1.82, 2.24) is 30.4 Å². The molecule has 0 amide bonds. The van der Waals surface area contributed by atoms with Gasteiger partial charge in [-0.15, -0.1) is 0 Å². The Balaban J connectivity index is 1.25. The molecule has 0 saturated carbocycles. The van der Waals surface area contributed by atoms with Crippen LogP contribution >= 0.6 is 0 Å². The molecule has 32 heavy (non-hydrogen) atoms. The van der Waals surface area contributed by atoms with Gasteiger partial charge in [0.1, 0.15) is 5.82 Å². The zero-order valence-corrected chi connectivity index (χ0v) is 18.4. The first-order valence-corrected chi connectivity index (χ1v) is 11.2. The first-order chi connectivity index (χ1) is 15.6. The fraction of sp³-hybridized carbons (Fsp3) is 0.571. The van der Waals surface area contributed by atoms with Gasteiger partial charge in [-0.3, -0.25) is 5.10 Å². The third-order valence-corrected chi connectivity index (χ3v) is 7.47. The molecular weight excluding hydrogens is 408 g/mol. The molecule has 6 heterocycles. The van der Waals surface area contributed by atoms with E-state index in [4.69, 9.17) is 20.4 Å². The van der Waals surface area contributed by atoms with E-state index in [0.29, 0.717) is 5.65 Å². The Morgan fingerprint density at radius 1 is 1.09 bits per heavy atom. The van der Waals surface area contributed by atoms with Crippen molar-refractivity contribution in [1.29, 1.82) is 0 Å². The Morgan fingerprint density at radius 2 is 1.88 bits per heavy atom. The van der Waals surface area contributed by atoms with Crippen LogP contribution < -0.4 is 20.4 Å². The number of nitrogens with zero attached hydrogens (tertiary/aromatic N) is 8. The zero-order chi connectivity index (χ0) is 21.9. The molecule has 6 rings (SSSR count). The van der Waals surface area contributed by atoms with Gasteiger partial charge in [-0.2, -0.15) is 15.3 Å². The van der Waals surface area contributed by atoms with Crippen LogP contribution in [-0.2, 0) is 4.74 Å². The lowest BCUT2D eigenvalue weighted by Gasteiger charge is -2.41. The van der Waals surface area contributed by atoms with E-state index in [2.05, 4.69) is 49.1 Å². The van der Waals surface area contributed by atoms with Crippen molar-refractivity contribution in [3.05, 3.63) is 18.6 Å². The summed E-state index contributed by atoms with van der Waals surface area (Å²) in [7, 11) is 2.06. The molecule has 3 aliphatic heterocycles. The van der Waals surface area contributed by atoms with Crippen LogP contribution in [0.5, 0.6) is 0 Å². The van der Waals surface area contributed by atoms with Crippen molar-refractivity contribution in [3.63, 3.8) is 0 Å². The summed E-state index contributed by atoms with van der Waals surface area (Å²) in [5.74, 6) is 1.63. The average molecular weight is 437 g/mol.